The van der Waals surface area contributed by atoms with Crippen molar-refractivity contribution in [1.29, 1.82) is 0 Å². The second kappa shape index (κ2) is 7.05. The van der Waals surface area contributed by atoms with Gasteiger partial charge in [0.05, 0.1) is 6.54 Å². The van der Waals surface area contributed by atoms with E-state index >= 15 is 0 Å². The Bertz CT molecular complexity index is 450. The Hall–Kier alpha value is -1.37. The molecule has 0 fully saturated rings. The molecule has 17 heavy (non-hydrogen) atoms. The van der Waals surface area contributed by atoms with Gasteiger partial charge in [-0.2, -0.15) is 0 Å². The number of terminal acetylenes is 1. The zero-order valence-electron chi connectivity index (χ0n) is 9.43. The Kier molecular flexibility index (Phi) is 5.68. The quantitative estimate of drug-likeness (QED) is 0.502. The zero-order chi connectivity index (χ0) is 12.7. The molecule has 0 aliphatic rings. The second-order valence-corrected chi connectivity index (χ2v) is 4.06. The van der Waals surface area contributed by atoms with Gasteiger partial charge in [0.25, 0.3) is 0 Å². The Morgan fingerprint density at radius 2 is 2.18 bits per heavy atom. The summed E-state index contributed by atoms with van der Waals surface area (Å²) in [4.78, 5) is 4.02. The van der Waals surface area contributed by atoms with Gasteiger partial charge in [0.15, 0.2) is 5.96 Å². The van der Waals surface area contributed by atoms with Gasteiger partial charge in [-0.25, -0.2) is 0 Å². The van der Waals surface area contributed by atoms with E-state index < -0.39 is 0 Å². The highest BCUT2D eigenvalue weighted by atomic mass is 35.5. The van der Waals surface area contributed by atoms with E-state index in [1.54, 1.807) is 19.2 Å². The van der Waals surface area contributed by atoms with Crippen LogP contribution in [0.1, 0.15) is 5.56 Å². The minimum absolute atomic E-state index is 0.425. The summed E-state index contributed by atoms with van der Waals surface area (Å²) in [6, 6.07) is 5.37. The smallest absolute Gasteiger partial charge is 0.192 e. The van der Waals surface area contributed by atoms with Crippen LogP contribution in [-0.2, 0) is 6.54 Å². The van der Waals surface area contributed by atoms with Gasteiger partial charge in [-0.1, -0.05) is 35.2 Å². The van der Waals surface area contributed by atoms with E-state index in [-0.39, 0.29) is 0 Å². The lowest BCUT2D eigenvalue weighted by Gasteiger charge is -2.11. The molecule has 1 aromatic carbocycles. The lowest BCUT2D eigenvalue weighted by atomic mass is 10.2. The summed E-state index contributed by atoms with van der Waals surface area (Å²) < 4.78 is 0. The van der Waals surface area contributed by atoms with Crippen molar-refractivity contribution >= 4 is 29.2 Å². The van der Waals surface area contributed by atoms with E-state index in [2.05, 4.69) is 21.5 Å². The number of halogens is 2. The summed E-state index contributed by atoms with van der Waals surface area (Å²) in [5.41, 5.74) is 0.944. The summed E-state index contributed by atoms with van der Waals surface area (Å²) in [5.74, 6) is 3.11. The van der Waals surface area contributed by atoms with E-state index in [0.717, 1.165) is 5.56 Å². The fourth-order valence-corrected chi connectivity index (χ4v) is 1.67. The maximum absolute atomic E-state index is 6.04. The van der Waals surface area contributed by atoms with E-state index in [0.29, 0.717) is 29.1 Å². The average Bonchev–Trinajstić information content (AvgIpc) is 2.31. The highest BCUT2D eigenvalue weighted by molar-refractivity contribution is 6.35. The number of guanidine groups is 1. The van der Waals surface area contributed by atoms with Crippen molar-refractivity contribution < 1.29 is 0 Å². The Morgan fingerprint density at radius 1 is 1.41 bits per heavy atom. The summed E-state index contributed by atoms with van der Waals surface area (Å²) >= 11 is 11.9. The topological polar surface area (TPSA) is 36.4 Å². The fraction of sp³-hybridized carbons (Fsp3) is 0.250. The number of hydrogen-bond acceptors (Lipinski definition) is 1. The van der Waals surface area contributed by atoms with Gasteiger partial charge >= 0.3 is 0 Å². The van der Waals surface area contributed by atoms with Gasteiger partial charge in [0.2, 0.25) is 0 Å². The highest BCUT2D eigenvalue weighted by Crippen LogP contribution is 2.20. The number of hydrogen-bond donors (Lipinski definition) is 2. The number of nitrogens with one attached hydrogen (secondary N) is 2. The predicted octanol–water partition coefficient (Wildman–Crippen LogP) is 2.29. The first kappa shape index (κ1) is 13.7. The molecule has 0 aromatic heterocycles. The molecule has 0 heterocycles. The van der Waals surface area contributed by atoms with Crippen LogP contribution in [0.2, 0.25) is 10.0 Å². The Morgan fingerprint density at radius 3 is 2.76 bits per heavy atom. The molecule has 90 valence electrons. The summed E-state index contributed by atoms with van der Waals surface area (Å²) in [6.45, 7) is 0.980. The van der Waals surface area contributed by atoms with Crippen molar-refractivity contribution in [2.24, 2.45) is 4.99 Å². The molecule has 5 heteroatoms. The summed E-state index contributed by atoms with van der Waals surface area (Å²) in [5, 5.41) is 7.29. The number of aliphatic imine (C=N–C) groups is 1. The van der Waals surface area contributed by atoms with Crippen LogP contribution in [0.5, 0.6) is 0 Å². The first-order valence-corrected chi connectivity index (χ1v) is 5.75. The summed E-state index contributed by atoms with van der Waals surface area (Å²) in [6.07, 6.45) is 5.15. The third-order valence-corrected chi connectivity index (χ3v) is 2.63. The third-order valence-electron chi connectivity index (χ3n) is 2.04. The van der Waals surface area contributed by atoms with Gasteiger partial charge in [0, 0.05) is 23.6 Å². The lowest BCUT2D eigenvalue weighted by Crippen LogP contribution is -2.36. The molecule has 0 unspecified atom stereocenters. The number of benzene rings is 1. The van der Waals surface area contributed by atoms with Gasteiger partial charge in [-0.3, -0.25) is 4.99 Å². The van der Waals surface area contributed by atoms with Crippen LogP contribution in [0.15, 0.2) is 23.2 Å². The maximum Gasteiger partial charge on any atom is 0.192 e. The highest BCUT2D eigenvalue weighted by Gasteiger charge is 2.02. The van der Waals surface area contributed by atoms with Crippen LogP contribution in [0.25, 0.3) is 0 Å². The van der Waals surface area contributed by atoms with Gasteiger partial charge < -0.3 is 10.6 Å². The molecular weight excluding hydrogens is 257 g/mol. The first-order chi connectivity index (χ1) is 8.17. The SMILES string of the molecule is C#CCNC(=NC)NCc1ccc(Cl)cc1Cl. The molecule has 2 N–H and O–H groups in total. The summed E-state index contributed by atoms with van der Waals surface area (Å²) in [7, 11) is 1.68. The molecule has 0 atom stereocenters. The largest absolute Gasteiger partial charge is 0.352 e. The zero-order valence-corrected chi connectivity index (χ0v) is 10.9. The van der Waals surface area contributed by atoms with Crippen LogP contribution >= 0.6 is 23.2 Å². The molecular formula is C12H13Cl2N3. The second-order valence-electron chi connectivity index (χ2n) is 3.22. The normalized spacial score (nSPS) is 10.8. The maximum atomic E-state index is 6.04. The molecule has 3 nitrogen and oxygen atoms in total. The molecule has 0 radical (unpaired) electrons. The van der Waals surface area contributed by atoms with E-state index in [4.69, 9.17) is 29.6 Å². The standard InChI is InChI=1S/C12H13Cl2N3/c1-3-6-16-12(15-2)17-8-9-4-5-10(13)7-11(9)14/h1,4-5,7H,6,8H2,2H3,(H2,15,16,17). The van der Waals surface area contributed by atoms with Crippen LogP contribution in [0, 0.1) is 12.3 Å². The van der Waals surface area contributed by atoms with Gasteiger partial charge in [-0.15, -0.1) is 6.42 Å². The predicted molar refractivity (Wildman–Crippen MR) is 73.5 cm³/mol. The van der Waals surface area contributed by atoms with E-state index in [1.807, 2.05) is 6.07 Å². The van der Waals surface area contributed by atoms with Crippen molar-refractivity contribution in [2.75, 3.05) is 13.6 Å². The molecule has 1 aromatic rings. The third kappa shape index (κ3) is 4.56. The van der Waals surface area contributed by atoms with E-state index in [9.17, 15) is 0 Å². The molecule has 0 bridgehead atoms. The van der Waals surface area contributed by atoms with Crippen molar-refractivity contribution in [3.8, 4) is 12.3 Å². The van der Waals surface area contributed by atoms with E-state index in [1.165, 1.54) is 0 Å². The molecule has 0 amide bonds. The number of rotatable bonds is 3. The molecule has 0 spiro atoms. The van der Waals surface area contributed by atoms with Crippen molar-refractivity contribution in [3.63, 3.8) is 0 Å². The molecule has 0 saturated heterocycles. The Labute approximate surface area is 111 Å². The minimum Gasteiger partial charge on any atom is -0.352 e. The lowest BCUT2D eigenvalue weighted by molar-refractivity contribution is 0.851. The van der Waals surface area contributed by atoms with Crippen molar-refractivity contribution in [3.05, 3.63) is 33.8 Å². The van der Waals surface area contributed by atoms with Crippen LogP contribution in [-0.4, -0.2) is 19.6 Å². The first-order valence-electron chi connectivity index (χ1n) is 4.99. The average molecular weight is 270 g/mol. The molecule has 1 rings (SSSR count). The van der Waals surface area contributed by atoms with Crippen LogP contribution in [0.3, 0.4) is 0 Å². The molecule has 0 aliphatic carbocycles. The monoisotopic (exact) mass is 269 g/mol. The minimum atomic E-state index is 0.425. The van der Waals surface area contributed by atoms with Gasteiger partial charge in [-0.05, 0) is 17.7 Å². The Balaban J connectivity index is 2.58. The van der Waals surface area contributed by atoms with Gasteiger partial charge in [0.1, 0.15) is 0 Å². The fourth-order valence-electron chi connectivity index (χ4n) is 1.20. The van der Waals surface area contributed by atoms with Crippen LogP contribution in [0.4, 0.5) is 0 Å². The van der Waals surface area contributed by atoms with Crippen molar-refractivity contribution in [1.82, 2.24) is 10.6 Å². The molecule has 0 aliphatic heterocycles. The molecule has 0 saturated carbocycles. The van der Waals surface area contributed by atoms with Crippen molar-refractivity contribution in [2.45, 2.75) is 6.54 Å². The number of nitrogens with zero attached hydrogens (tertiary/aromatic N) is 1. The van der Waals surface area contributed by atoms with Crippen LogP contribution < -0.4 is 10.6 Å².